The molecule has 0 saturated carbocycles. The van der Waals surface area contributed by atoms with E-state index in [2.05, 4.69) is 10.3 Å². The molecule has 30 heavy (non-hydrogen) atoms. The standard InChI is InChI=1S/C22H24FN3O4/c1-5-30-22(28)18-20(29-4)19-17(26(3)21(18)27)9-13(11-25-19)8-14-6-7-16(23)10-15(14)12-24-2/h6-7,9-11,24H,5,8,12H2,1-4H3. The molecule has 0 fully saturated rings. The van der Waals surface area contributed by atoms with E-state index in [1.807, 2.05) is 6.07 Å². The maximum absolute atomic E-state index is 13.6. The Balaban J connectivity index is 2.12. The number of benzene rings is 1. The van der Waals surface area contributed by atoms with Crippen LogP contribution >= 0.6 is 0 Å². The zero-order chi connectivity index (χ0) is 21.8. The Labute approximate surface area is 173 Å². The molecule has 0 radical (unpaired) electrons. The molecule has 0 spiro atoms. The van der Waals surface area contributed by atoms with E-state index in [0.29, 0.717) is 24.0 Å². The minimum Gasteiger partial charge on any atom is -0.493 e. The van der Waals surface area contributed by atoms with Crippen molar-refractivity contribution in [1.82, 2.24) is 14.9 Å². The van der Waals surface area contributed by atoms with Crippen LogP contribution < -0.4 is 15.6 Å². The number of esters is 1. The molecule has 0 aliphatic heterocycles. The molecule has 2 heterocycles. The van der Waals surface area contributed by atoms with E-state index >= 15 is 0 Å². The molecule has 0 aliphatic rings. The fourth-order valence-electron chi connectivity index (χ4n) is 3.44. The second-order valence-corrected chi connectivity index (χ2v) is 6.82. The first kappa shape index (κ1) is 21.4. The van der Waals surface area contributed by atoms with Crippen molar-refractivity contribution in [2.24, 2.45) is 7.05 Å². The number of carbonyl (C=O) groups excluding carboxylic acids is 1. The van der Waals surface area contributed by atoms with Crippen LogP contribution in [-0.4, -0.2) is 36.3 Å². The van der Waals surface area contributed by atoms with E-state index in [1.54, 1.807) is 33.3 Å². The molecule has 0 unspecified atom stereocenters. The Morgan fingerprint density at radius 3 is 2.70 bits per heavy atom. The number of carbonyl (C=O) groups is 1. The van der Waals surface area contributed by atoms with Crippen LogP contribution in [0.2, 0.25) is 0 Å². The molecular formula is C22H24FN3O4. The normalized spacial score (nSPS) is 11.0. The number of hydrogen-bond donors (Lipinski definition) is 1. The highest BCUT2D eigenvalue weighted by atomic mass is 19.1. The Morgan fingerprint density at radius 1 is 1.27 bits per heavy atom. The lowest BCUT2D eigenvalue weighted by atomic mass is 10.00. The van der Waals surface area contributed by atoms with Crippen molar-refractivity contribution >= 4 is 17.0 Å². The van der Waals surface area contributed by atoms with Crippen molar-refractivity contribution in [2.45, 2.75) is 19.9 Å². The third-order valence-electron chi connectivity index (χ3n) is 4.86. The number of aromatic nitrogens is 2. The first-order valence-corrected chi connectivity index (χ1v) is 9.55. The van der Waals surface area contributed by atoms with Gasteiger partial charge in [-0.3, -0.25) is 9.78 Å². The molecule has 7 nitrogen and oxygen atoms in total. The monoisotopic (exact) mass is 413 g/mol. The van der Waals surface area contributed by atoms with Crippen LogP contribution in [0.5, 0.6) is 5.75 Å². The fourth-order valence-corrected chi connectivity index (χ4v) is 3.44. The minimum atomic E-state index is -0.745. The van der Waals surface area contributed by atoms with Gasteiger partial charge in [-0.1, -0.05) is 6.07 Å². The predicted molar refractivity (Wildman–Crippen MR) is 111 cm³/mol. The average Bonchev–Trinajstić information content (AvgIpc) is 2.73. The summed E-state index contributed by atoms with van der Waals surface area (Å²) in [5.41, 5.74) is 2.86. The van der Waals surface area contributed by atoms with Gasteiger partial charge in [-0.05, 0) is 55.3 Å². The Bertz CT molecular complexity index is 1160. The van der Waals surface area contributed by atoms with Gasteiger partial charge in [0.15, 0.2) is 11.3 Å². The summed E-state index contributed by atoms with van der Waals surface area (Å²) in [6.07, 6.45) is 2.17. The summed E-state index contributed by atoms with van der Waals surface area (Å²) in [6, 6.07) is 6.50. The molecular weight excluding hydrogens is 389 g/mol. The number of methoxy groups -OCH3 is 1. The van der Waals surface area contributed by atoms with E-state index in [9.17, 15) is 14.0 Å². The third-order valence-corrected chi connectivity index (χ3v) is 4.86. The van der Waals surface area contributed by atoms with Gasteiger partial charge in [0.2, 0.25) is 0 Å². The topological polar surface area (TPSA) is 82.4 Å². The molecule has 158 valence electrons. The van der Waals surface area contributed by atoms with Crippen molar-refractivity contribution < 1.29 is 18.7 Å². The van der Waals surface area contributed by atoms with Crippen molar-refractivity contribution in [3.63, 3.8) is 0 Å². The lowest BCUT2D eigenvalue weighted by molar-refractivity contribution is 0.0520. The van der Waals surface area contributed by atoms with Gasteiger partial charge in [0.25, 0.3) is 5.56 Å². The minimum absolute atomic E-state index is 0.0933. The summed E-state index contributed by atoms with van der Waals surface area (Å²) in [5, 5.41) is 3.04. The van der Waals surface area contributed by atoms with Gasteiger partial charge in [0.05, 0.1) is 19.2 Å². The molecule has 0 aliphatic carbocycles. The van der Waals surface area contributed by atoms with Crippen molar-refractivity contribution in [3.05, 3.63) is 68.9 Å². The molecule has 3 aromatic rings. The molecule has 1 aromatic carbocycles. The van der Waals surface area contributed by atoms with Gasteiger partial charge >= 0.3 is 5.97 Å². The van der Waals surface area contributed by atoms with Gasteiger partial charge in [0.1, 0.15) is 11.3 Å². The highest BCUT2D eigenvalue weighted by molar-refractivity contribution is 5.98. The number of nitrogens with zero attached hydrogens (tertiary/aromatic N) is 2. The quantitative estimate of drug-likeness (QED) is 0.600. The number of nitrogens with one attached hydrogen (secondary N) is 1. The lowest BCUT2D eigenvalue weighted by Gasteiger charge is -2.15. The first-order valence-electron chi connectivity index (χ1n) is 9.55. The number of aryl methyl sites for hydroxylation is 1. The summed E-state index contributed by atoms with van der Waals surface area (Å²) in [7, 11) is 4.76. The summed E-state index contributed by atoms with van der Waals surface area (Å²) >= 11 is 0. The molecule has 0 atom stereocenters. The highest BCUT2D eigenvalue weighted by Crippen LogP contribution is 2.27. The van der Waals surface area contributed by atoms with Crippen LogP contribution in [0.1, 0.15) is 34.0 Å². The summed E-state index contributed by atoms with van der Waals surface area (Å²) in [6.45, 7) is 2.34. The van der Waals surface area contributed by atoms with Crippen LogP contribution in [0.4, 0.5) is 4.39 Å². The van der Waals surface area contributed by atoms with Gasteiger partial charge < -0.3 is 19.4 Å². The highest BCUT2D eigenvalue weighted by Gasteiger charge is 2.24. The number of rotatable bonds is 7. The maximum atomic E-state index is 13.6. The number of hydrogen-bond acceptors (Lipinski definition) is 6. The van der Waals surface area contributed by atoms with Crippen LogP contribution in [0.15, 0.2) is 35.3 Å². The van der Waals surface area contributed by atoms with E-state index in [-0.39, 0.29) is 23.7 Å². The smallest absolute Gasteiger partial charge is 0.347 e. The maximum Gasteiger partial charge on any atom is 0.347 e. The van der Waals surface area contributed by atoms with Crippen LogP contribution in [0.3, 0.4) is 0 Å². The number of halogens is 1. The van der Waals surface area contributed by atoms with E-state index in [0.717, 1.165) is 16.7 Å². The number of ether oxygens (including phenoxy) is 2. The second-order valence-electron chi connectivity index (χ2n) is 6.82. The van der Waals surface area contributed by atoms with Crippen molar-refractivity contribution in [1.29, 1.82) is 0 Å². The molecule has 0 saturated heterocycles. The largest absolute Gasteiger partial charge is 0.493 e. The molecule has 1 N–H and O–H groups in total. The summed E-state index contributed by atoms with van der Waals surface area (Å²) in [5.74, 6) is -0.944. The van der Waals surface area contributed by atoms with Crippen molar-refractivity contribution in [3.8, 4) is 5.75 Å². The van der Waals surface area contributed by atoms with E-state index in [1.165, 1.54) is 23.8 Å². The summed E-state index contributed by atoms with van der Waals surface area (Å²) in [4.78, 5) is 29.6. The predicted octanol–water partition coefficient (Wildman–Crippen LogP) is 2.57. The van der Waals surface area contributed by atoms with Crippen LogP contribution in [0.25, 0.3) is 11.0 Å². The van der Waals surface area contributed by atoms with E-state index in [4.69, 9.17) is 9.47 Å². The van der Waals surface area contributed by atoms with E-state index < -0.39 is 11.5 Å². The van der Waals surface area contributed by atoms with Crippen LogP contribution in [-0.2, 0) is 24.8 Å². The molecule has 3 rings (SSSR count). The number of pyridine rings is 2. The number of fused-ring (bicyclic) bond motifs is 1. The van der Waals surface area contributed by atoms with Gasteiger partial charge in [0, 0.05) is 19.8 Å². The Morgan fingerprint density at radius 2 is 2.03 bits per heavy atom. The molecule has 0 amide bonds. The Hall–Kier alpha value is -3.26. The zero-order valence-corrected chi connectivity index (χ0v) is 17.4. The van der Waals surface area contributed by atoms with Crippen LogP contribution in [0, 0.1) is 5.82 Å². The van der Waals surface area contributed by atoms with Gasteiger partial charge in [-0.25, -0.2) is 9.18 Å². The third kappa shape index (κ3) is 4.04. The SMILES string of the molecule is CCOC(=O)c1c(OC)c2ncc(Cc3ccc(F)cc3CNC)cc2n(C)c1=O. The lowest BCUT2D eigenvalue weighted by Crippen LogP contribution is -2.27. The Kier molecular flexibility index (Phi) is 6.47. The fraction of sp³-hybridized carbons (Fsp3) is 0.318. The molecule has 2 aromatic heterocycles. The van der Waals surface area contributed by atoms with Crippen molar-refractivity contribution in [2.75, 3.05) is 20.8 Å². The summed E-state index contributed by atoms with van der Waals surface area (Å²) < 4.78 is 25.4. The van der Waals surface area contributed by atoms with Gasteiger partial charge in [-0.2, -0.15) is 0 Å². The molecule has 0 bridgehead atoms. The van der Waals surface area contributed by atoms with Gasteiger partial charge in [-0.15, -0.1) is 0 Å². The molecule has 8 heteroatoms. The zero-order valence-electron chi connectivity index (χ0n) is 17.4. The average molecular weight is 413 g/mol. The first-order chi connectivity index (χ1) is 14.4. The second kappa shape index (κ2) is 9.04.